The Morgan fingerprint density at radius 1 is 0.839 bits per heavy atom. The second-order valence-electron chi connectivity index (χ2n) is 8.45. The van der Waals surface area contributed by atoms with Crippen LogP contribution in [0, 0.1) is 0 Å². The zero-order valence-corrected chi connectivity index (χ0v) is 18.9. The molecule has 2 N–H and O–H groups in total. The van der Waals surface area contributed by atoms with Gasteiger partial charge in [0.1, 0.15) is 11.5 Å². The largest absolute Gasteiger partial charge is 0.496 e. The first-order valence-corrected chi connectivity index (χ1v) is 10.6. The molecule has 0 aromatic heterocycles. The van der Waals surface area contributed by atoms with Crippen LogP contribution in [0.3, 0.4) is 0 Å². The van der Waals surface area contributed by atoms with Gasteiger partial charge in [0.05, 0.1) is 25.3 Å². The Bertz CT molecular complexity index is 1100. The molecule has 31 heavy (non-hydrogen) atoms. The summed E-state index contributed by atoms with van der Waals surface area (Å²) in [5, 5.41) is 7.28. The normalized spacial score (nSPS) is 14.2. The monoisotopic (exact) mass is 414 g/mol. The lowest BCUT2D eigenvalue weighted by atomic mass is 9.84. The van der Waals surface area contributed by atoms with Gasteiger partial charge in [0.2, 0.25) is 0 Å². The van der Waals surface area contributed by atoms with E-state index in [2.05, 4.69) is 61.7 Å². The van der Waals surface area contributed by atoms with Crippen molar-refractivity contribution >= 4 is 16.9 Å². The molecule has 1 heterocycles. The minimum atomic E-state index is -0.0924. The molecule has 4 rings (SSSR count). The third-order valence-electron chi connectivity index (χ3n) is 5.68. The molecule has 0 amide bonds. The average molecular weight is 415 g/mol. The maximum Gasteiger partial charge on any atom is 0.130 e. The number of rotatable bonds is 6. The summed E-state index contributed by atoms with van der Waals surface area (Å²) in [6.45, 7) is 7.25. The van der Waals surface area contributed by atoms with E-state index in [0.29, 0.717) is 6.54 Å². The lowest BCUT2D eigenvalue weighted by molar-refractivity contribution is 0.397. The van der Waals surface area contributed by atoms with E-state index in [-0.39, 0.29) is 5.54 Å². The van der Waals surface area contributed by atoms with E-state index in [1.165, 1.54) is 16.7 Å². The Kier molecular flexibility index (Phi) is 5.64. The molecule has 0 spiro atoms. The second kappa shape index (κ2) is 8.38. The van der Waals surface area contributed by atoms with Crippen LogP contribution in [-0.4, -0.2) is 19.8 Å². The molecule has 0 radical (unpaired) electrons. The van der Waals surface area contributed by atoms with E-state index >= 15 is 0 Å². The van der Waals surface area contributed by atoms with Gasteiger partial charge < -0.3 is 20.1 Å². The number of hydrogen-bond acceptors (Lipinski definition) is 4. The fourth-order valence-corrected chi connectivity index (χ4v) is 4.48. The van der Waals surface area contributed by atoms with Crippen molar-refractivity contribution in [3.63, 3.8) is 0 Å². The number of para-hydroxylation sites is 1. The Hall–Kier alpha value is -3.40. The molecular formula is C27H30N2O2. The average Bonchev–Trinajstić information content (AvgIpc) is 2.76. The number of hydrogen-bond donors (Lipinski definition) is 2. The third kappa shape index (κ3) is 4.11. The smallest absolute Gasteiger partial charge is 0.130 e. The van der Waals surface area contributed by atoms with Gasteiger partial charge in [-0.1, -0.05) is 36.4 Å². The fraction of sp³-hybridized carbons (Fsp3) is 0.259. The van der Waals surface area contributed by atoms with Crippen molar-refractivity contribution in [3.05, 3.63) is 77.9 Å². The molecular weight excluding hydrogens is 384 g/mol. The Morgan fingerprint density at radius 3 is 2.16 bits per heavy atom. The van der Waals surface area contributed by atoms with Crippen LogP contribution in [0.1, 0.15) is 31.9 Å². The number of nitrogens with one attached hydrogen (secondary N) is 2. The standard InChI is InChI=1S/C27H30N2O2/c1-18-16-27(2,3)29-22-15-14-20(26-23(30-4)12-9-13-24(26)31-5)21(25(18)22)17-28-19-10-7-6-8-11-19/h6-16,28-29H,17H2,1-5H3. The van der Waals surface area contributed by atoms with E-state index in [9.17, 15) is 0 Å². The summed E-state index contributed by atoms with van der Waals surface area (Å²) in [5.41, 5.74) is 7.92. The third-order valence-corrected chi connectivity index (χ3v) is 5.68. The van der Waals surface area contributed by atoms with Gasteiger partial charge in [0, 0.05) is 23.5 Å². The molecule has 1 aliphatic heterocycles. The molecule has 0 aliphatic carbocycles. The van der Waals surface area contributed by atoms with Gasteiger partial charge in [-0.15, -0.1) is 0 Å². The molecule has 1 aliphatic rings. The SMILES string of the molecule is COc1cccc(OC)c1-c1ccc2c(c1CNc1ccccc1)C(C)=CC(C)(C)N2. The van der Waals surface area contributed by atoms with Crippen molar-refractivity contribution in [2.45, 2.75) is 32.9 Å². The molecule has 0 unspecified atom stereocenters. The number of fused-ring (bicyclic) bond motifs is 1. The van der Waals surface area contributed by atoms with Gasteiger partial charge in [0.25, 0.3) is 0 Å². The molecule has 0 fully saturated rings. The van der Waals surface area contributed by atoms with Gasteiger partial charge in [0.15, 0.2) is 0 Å². The highest BCUT2D eigenvalue weighted by Crippen LogP contribution is 2.45. The van der Waals surface area contributed by atoms with Gasteiger partial charge in [-0.05, 0) is 67.8 Å². The lowest BCUT2D eigenvalue weighted by Gasteiger charge is -2.33. The minimum absolute atomic E-state index is 0.0924. The topological polar surface area (TPSA) is 42.5 Å². The quantitative estimate of drug-likeness (QED) is 0.477. The molecule has 4 nitrogen and oxygen atoms in total. The number of ether oxygens (including phenoxy) is 2. The van der Waals surface area contributed by atoms with E-state index in [1.54, 1.807) is 14.2 Å². The molecule has 3 aromatic carbocycles. The zero-order chi connectivity index (χ0) is 22.0. The molecule has 3 aromatic rings. The van der Waals surface area contributed by atoms with Gasteiger partial charge in [-0.25, -0.2) is 0 Å². The summed E-state index contributed by atoms with van der Waals surface area (Å²) >= 11 is 0. The fourth-order valence-electron chi connectivity index (χ4n) is 4.48. The zero-order valence-electron chi connectivity index (χ0n) is 18.9. The Balaban J connectivity index is 1.92. The van der Waals surface area contributed by atoms with Crippen LogP contribution in [0.2, 0.25) is 0 Å². The van der Waals surface area contributed by atoms with E-state index in [0.717, 1.165) is 34.0 Å². The van der Waals surface area contributed by atoms with Crippen LogP contribution in [0.4, 0.5) is 11.4 Å². The van der Waals surface area contributed by atoms with Crippen molar-refractivity contribution in [2.75, 3.05) is 24.9 Å². The molecule has 0 saturated carbocycles. The van der Waals surface area contributed by atoms with Crippen LogP contribution in [-0.2, 0) is 6.54 Å². The molecule has 0 atom stereocenters. The molecule has 160 valence electrons. The predicted molar refractivity (Wildman–Crippen MR) is 130 cm³/mol. The summed E-state index contributed by atoms with van der Waals surface area (Å²) in [7, 11) is 3.40. The minimum Gasteiger partial charge on any atom is -0.496 e. The molecule has 0 bridgehead atoms. The summed E-state index contributed by atoms with van der Waals surface area (Å²) in [5.74, 6) is 1.59. The van der Waals surface area contributed by atoms with Crippen LogP contribution in [0.15, 0.2) is 66.7 Å². The summed E-state index contributed by atoms with van der Waals surface area (Å²) < 4.78 is 11.5. The van der Waals surface area contributed by atoms with Gasteiger partial charge in [-0.2, -0.15) is 0 Å². The maximum absolute atomic E-state index is 5.73. The van der Waals surface area contributed by atoms with E-state index in [1.807, 2.05) is 36.4 Å². The van der Waals surface area contributed by atoms with E-state index in [4.69, 9.17) is 9.47 Å². The highest BCUT2D eigenvalue weighted by atomic mass is 16.5. The predicted octanol–water partition coefficient (Wildman–Crippen LogP) is 6.59. The Labute approximate surface area is 184 Å². The number of methoxy groups -OCH3 is 2. The Morgan fingerprint density at radius 2 is 1.52 bits per heavy atom. The van der Waals surface area contributed by atoms with Gasteiger partial charge in [-0.3, -0.25) is 0 Å². The summed E-state index contributed by atoms with van der Waals surface area (Å²) in [6.07, 6.45) is 2.30. The van der Waals surface area contributed by atoms with Crippen LogP contribution < -0.4 is 20.1 Å². The van der Waals surface area contributed by atoms with E-state index < -0.39 is 0 Å². The van der Waals surface area contributed by atoms with Gasteiger partial charge >= 0.3 is 0 Å². The van der Waals surface area contributed by atoms with Crippen molar-refractivity contribution < 1.29 is 9.47 Å². The van der Waals surface area contributed by atoms with Crippen LogP contribution in [0.25, 0.3) is 16.7 Å². The summed E-state index contributed by atoms with van der Waals surface area (Å²) in [4.78, 5) is 0. The second-order valence-corrected chi connectivity index (χ2v) is 8.45. The van der Waals surface area contributed by atoms with Crippen molar-refractivity contribution in [2.24, 2.45) is 0 Å². The van der Waals surface area contributed by atoms with Crippen LogP contribution >= 0.6 is 0 Å². The number of anilines is 2. The molecule has 4 heteroatoms. The first-order chi connectivity index (χ1) is 14.9. The number of benzene rings is 3. The maximum atomic E-state index is 5.73. The van der Waals surface area contributed by atoms with Crippen LogP contribution in [0.5, 0.6) is 11.5 Å². The van der Waals surface area contributed by atoms with Crippen molar-refractivity contribution in [3.8, 4) is 22.6 Å². The number of allylic oxidation sites excluding steroid dienone is 1. The lowest BCUT2D eigenvalue weighted by Crippen LogP contribution is -2.32. The molecule has 0 saturated heterocycles. The highest BCUT2D eigenvalue weighted by Gasteiger charge is 2.27. The van der Waals surface area contributed by atoms with Crippen molar-refractivity contribution in [1.29, 1.82) is 0 Å². The van der Waals surface area contributed by atoms with Crippen molar-refractivity contribution in [1.82, 2.24) is 0 Å². The summed E-state index contributed by atoms with van der Waals surface area (Å²) in [6, 6.07) is 20.5. The highest BCUT2D eigenvalue weighted by molar-refractivity contribution is 5.90. The first-order valence-electron chi connectivity index (χ1n) is 10.6. The first kappa shape index (κ1) is 20.9.